The van der Waals surface area contributed by atoms with Gasteiger partial charge in [-0.15, -0.1) is 0 Å². The molecule has 1 aliphatic carbocycles. The molecule has 3 nitrogen and oxygen atoms in total. The van der Waals surface area contributed by atoms with Crippen molar-refractivity contribution >= 4 is 12.0 Å². The Bertz CT molecular complexity index is 414. The number of hydrogen-bond donors (Lipinski definition) is 1. The summed E-state index contributed by atoms with van der Waals surface area (Å²) in [6.45, 7) is 0. The Hall–Kier alpha value is -1.77. The molecule has 18 heavy (non-hydrogen) atoms. The minimum absolute atomic E-state index is 0.346. The van der Waals surface area contributed by atoms with Crippen LogP contribution in [0.5, 0.6) is 5.75 Å². The minimum atomic E-state index is -0.933. The van der Waals surface area contributed by atoms with Crippen molar-refractivity contribution in [1.82, 2.24) is 0 Å². The minimum Gasteiger partial charge on any atom is -0.490 e. The van der Waals surface area contributed by atoms with E-state index in [1.54, 1.807) is 6.08 Å². The van der Waals surface area contributed by atoms with Crippen molar-refractivity contribution in [2.75, 3.05) is 0 Å². The molecule has 0 saturated heterocycles. The Balaban J connectivity index is 1.92. The molecule has 0 spiro atoms. The largest absolute Gasteiger partial charge is 0.490 e. The Morgan fingerprint density at radius 2 is 1.83 bits per heavy atom. The second-order valence-electron chi connectivity index (χ2n) is 4.62. The van der Waals surface area contributed by atoms with Crippen molar-refractivity contribution in [3.63, 3.8) is 0 Å². The van der Waals surface area contributed by atoms with Gasteiger partial charge in [-0.25, -0.2) is 4.79 Å². The maximum atomic E-state index is 10.4. The van der Waals surface area contributed by atoms with Crippen LogP contribution in [0.4, 0.5) is 0 Å². The van der Waals surface area contributed by atoms with Crippen molar-refractivity contribution in [3.8, 4) is 5.75 Å². The summed E-state index contributed by atoms with van der Waals surface area (Å²) in [5.74, 6) is -0.0630. The lowest BCUT2D eigenvalue weighted by atomic mass is 9.98. The molecule has 0 amide bonds. The predicted octanol–water partition coefficient (Wildman–Crippen LogP) is 3.50. The Morgan fingerprint density at radius 3 is 2.44 bits per heavy atom. The van der Waals surface area contributed by atoms with Gasteiger partial charge in [-0.2, -0.15) is 0 Å². The smallest absolute Gasteiger partial charge is 0.328 e. The van der Waals surface area contributed by atoms with E-state index in [0.717, 1.165) is 30.2 Å². The van der Waals surface area contributed by atoms with Crippen LogP contribution in [0.25, 0.3) is 6.08 Å². The van der Waals surface area contributed by atoms with Crippen LogP contribution in [0.15, 0.2) is 30.3 Å². The van der Waals surface area contributed by atoms with E-state index in [1.165, 1.54) is 19.3 Å². The molecule has 1 saturated carbocycles. The Morgan fingerprint density at radius 1 is 1.17 bits per heavy atom. The van der Waals surface area contributed by atoms with Crippen LogP contribution in [0.3, 0.4) is 0 Å². The third kappa shape index (κ3) is 3.91. The fourth-order valence-corrected chi connectivity index (χ4v) is 2.20. The first-order chi connectivity index (χ1) is 8.74. The van der Waals surface area contributed by atoms with Gasteiger partial charge in [0.15, 0.2) is 0 Å². The van der Waals surface area contributed by atoms with Crippen LogP contribution >= 0.6 is 0 Å². The number of hydrogen-bond acceptors (Lipinski definition) is 2. The fraction of sp³-hybridized carbons (Fsp3) is 0.400. The summed E-state index contributed by atoms with van der Waals surface area (Å²) in [7, 11) is 0. The van der Waals surface area contributed by atoms with E-state index in [4.69, 9.17) is 9.84 Å². The molecule has 96 valence electrons. The zero-order chi connectivity index (χ0) is 12.8. The third-order valence-corrected chi connectivity index (χ3v) is 3.15. The first-order valence-corrected chi connectivity index (χ1v) is 6.42. The number of benzene rings is 1. The van der Waals surface area contributed by atoms with Crippen LogP contribution < -0.4 is 4.74 Å². The summed E-state index contributed by atoms with van der Waals surface area (Å²) in [6, 6.07) is 7.54. The van der Waals surface area contributed by atoms with E-state index in [1.807, 2.05) is 24.3 Å². The van der Waals surface area contributed by atoms with Crippen LogP contribution in [-0.4, -0.2) is 17.2 Å². The van der Waals surface area contributed by atoms with E-state index in [2.05, 4.69) is 0 Å². The molecule has 3 heteroatoms. The standard InChI is InChI=1S/C15H18O3/c16-15(17)11-8-12-6-9-14(10-7-12)18-13-4-2-1-3-5-13/h6-11,13H,1-5H2,(H,16,17)/b11-8+. The molecule has 0 atom stereocenters. The van der Waals surface area contributed by atoms with Crippen LogP contribution in [0, 0.1) is 0 Å². The maximum absolute atomic E-state index is 10.4. The average Bonchev–Trinajstić information content (AvgIpc) is 2.39. The van der Waals surface area contributed by atoms with Crippen molar-refractivity contribution < 1.29 is 14.6 Å². The van der Waals surface area contributed by atoms with E-state index in [-0.39, 0.29) is 0 Å². The SMILES string of the molecule is O=C(O)/C=C/c1ccc(OC2CCCCC2)cc1. The second-order valence-corrected chi connectivity index (χ2v) is 4.62. The van der Waals surface area contributed by atoms with Gasteiger partial charge in [0.2, 0.25) is 0 Å². The van der Waals surface area contributed by atoms with Crippen molar-refractivity contribution in [2.24, 2.45) is 0 Å². The van der Waals surface area contributed by atoms with E-state index < -0.39 is 5.97 Å². The van der Waals surface area contributed by atoms with Gasteiger partial charge in [0, 0.05) is 6.08 Å². The van der Waals surface area contributed by atoms with Gasteiger partial charge in [0.1, 0.15) is 5.75 Å². The summed E-state index contributed by atoms with van der Waals surface area (Å²) >= 11 is 0. The molecule has 0 bridgehead atoms. The molecule has 1 aromatic rings. The molecule has 0 aromatic heterocycles. The fourth-order valence-electron chi connectivity index (χ4n) is 2.20. The van der Waals surface area contributed by atoms with Gasteiger partial charge in [-0.3, -0.25) is 0 Å². The second kappa shape index (κ2) is 6.24. The molecular formula is C15H18O3. The topological polar surface area (TPSA) is 46.5 Å². The highest BCUT2D eigenvalue weighted by atomic mass is 16.5. The van der Waals surface area contributed by atoms with Crippen molar-refractivity contribution in [3.05, 3.63) is 35.9 Å². The lowest BCUT2D eigenvalue weighted by molar-refractivity contribution is -0.131. The molecule has 0 heterocycles. The van der Waals surface area contributed by atoms with Crippen LogP contribution in [0.2, 0.25) is 0 Å². The zero-order valence-corrected chi connectivity index (χ0v) is 10.3. The highest BCUT2D eigenvalue weighted by Crippen LogP contribution is 2.23. The zero-order valence-electron chi connectivity index (χ0n) is 10.3. The van der Waals surface area contributed by atoms with E-state index in [9.17, 15) is 4.79 Å². The van der Waals surface area contributed by atoms with Crippen LogP contribution in [0.1, 0.15) is 37.7 Å². The lowest BCUT2D eigenvalue weighted by Crippen LogP contribution is -2.19. The Kier molecular flexibility index (Phi) is 4.40. The number of aliphatic carboxylic acids is 1. The summed E-state index contributed by atoms with van der Waals surface area (Å²) in [4.78, 5) is 10.4. The molecular weight excluding hydrogens is 228 g/mol. The van der Waals surface area contributed by atoms with Crippen molar-refractivity contribution in [1.29, 1.82) is 0 Å². The highest BCUT2D eigenvalue weighted by Gasteiger charge is 2.14. The van der Waals surface area contributed by atoms with Gasteiger partial charge in [0.25, 0.3) is 0 Å². The number of carboxylic acid groups (broad SMARTS) is 1. The maximum Gasteiger partial charge on any atom is 0.328 e. The third-order valence-electron chi connectivity index (χ3n) is 3.15. The molecule has 0 aliphatic heterocycles. The molecule has 0 radical (unpaired) electrons. The molecule has 1 aliphatic rings. The van der Waals surface area contributed by atoms with Gasteiger partial charge in [-0.1, -0.05) is 18.6 Å². The highest BCUT2D eigenvalue weighted by molar-refractivity contribution is 5.85. The van der Waals surface area contributed by atoms with Gasteiger partial charge < -0.3 is 9.84 Å². The molecule has 2 rings (SSSR count). The van der Waals surface area contributed by atoms with Crippen molar-refractivity contribution in [2.45, 2.75) is 38.2 Å². The monoisotopic (exact) mass is 246 g/mol. The lowest BCUT2D eigenvalue weighted by Gasteiger charge is -2.22. The summed E-state index contributed by atoms with van der Waals surface area (Å²) in [6.07, 6.45) is 9.16. The number of rotatable bonds is 4. The molecule has 1 aromatic carbocycles. The van der Waals surface area contributed by atoms with Gasteiger partial charge in [0.05, 0.1) is 6.10 Å². The Labute approximate surface area is 107 Å². The van der Waals surface area contributed by atoms with E-state index >= 15 is 0 Å². The van der Waals surface area contributed by atoms with Crippen LogP contribution in [-0.2, 0) is 4.79 Å². The molecule has 0 unspecified atom stereocenters. The number of carbonyl (C=O) groups is 1. The average molecular weight is 246 g/mol. The predicted molar refractivity (Wildman–Crippen MR) is 70.6 cm³/mol. The van der Waals surface area contributed by atoms with Gasteiger partial charge in [-0.05, 0) is 49.5 Å². The quantitative estimate of drug-likeness (QED) is 0.827. The number of carboxylic acids is 1. The van der Waals surface area contributed by atoms with Gasteiger partial charge >= 0.3 is 5.97 Å². The summed E-state index contributed by atoms with van der Waals surface area (Å²) in [5.41, 5.74) is 0.869. The van der Waals surface area contributed by atoms with E-state index in [0.29, 0.717) is 6.10 Å². The summed E-state index contributed by atoms with van der Waals surface area (Å²) < 4.78 is 5.90. The first kappa shape index (κ1) is 12.7. The normalized spacial score (nSPS) is 16.9. The molecule has 1 fully saturated rings. The first-order valence-electron chi connectivity index (χ1n) is 6.42. The number of ether oxygens (including phenoxy) is 1. The summed E-state index contributed by atoms with van der Waals surface area (Å²) in [5, 5.41) is 8.53. The molecule has 1 N–H and O–H groups in total.